The molecule has 3 heteroatoms. The second-order valence-electron chi connectivity index (χ2n) is 4.56. The normalized spacial score (nSPS) is 12.1. The number of fused-ring (bicyclic) bond motifs is 1. The highest BCUT2D eigenvalue weighted by molar-refractivity contribution is 6.30. The summed E-state index contributed by atoms with van der Waals surface area (Å²) in [4.78, 5) is 4.28. The van der Waals surface area contributed by atoms with Crippen molar-refractivity contribution in [3.8, 4) is 0 Å². The van der Waals surface area contributed by atoms with E-state index in [0.29, 0.717) is 5.15 Å². The van der Waals surface area contributed by atoms with E-state index in [2.05, 4.69) is 4.98 Å². The highest BCUT2D eigenvalue weighted by atomic mass is 35.5. The number of aromatic nitrogens is 1. The van der Waals surface area contributed by atoms with Gasteiger partial charge >= 0.3 is 0 Å². The molecule has 1 aromatic heterocycles. The SMILES string of the molecule is Cc1cc2cc(C(C)(C)O)ccc2nc1Cl. The fraction of sp³-hybridized carbons (Fsp3) is 0.308. The molecule has 2 rings (SSSR count). The zero-order valence-electron chi connectivity index (χ0n) is 9.58. The largest absolute Gasteiger partial charge is 0.386 e. The molecule has 0 unspecified atom stereocenters. The number of pyridine rings is 1. The van der Waals surface area contributed by atoms with Gasteiger partial charge in [0, 0.05) is 5.39 Å². The first-order chi connectivity index (χ1) is 7.38. The van der Waals surface area contributed by atoms with E-state index >= 15 is 0 Å². The number of nitrogens with zero attached hydrogens (tertiary/aromatic N) is 1. The molecule has 0 aliphatic carbocycles. The molecule has 16 heavy (non-hydrogen) atoms. The Morgan fingerprint density at radius 3 is 2.56 bits per heavy atom. The van der Waals surface area contributed by atoms with Crippen LogP contribution in [-0.4, -0.2) is 10.1 Å². The topological polar surface area (TPSA) is 33.1 Å². The fourth-order valence-corrected chi connectivity index (χ4v) is 1.78. The van der Waals surface area contributed by atoms with Gasteiger partial charge in [0.25, 0.3) is 0 Å². The monoisotopic (exact) mass is 235 g/mol. The maximum Gasteiger partial charge on any atom is 0.132 e. The molecule has 0 spiro atoms. The molecule has 2 aromatic rings. The number of hydrogen-bond acceptors (Lipinski definition) is 2. The smallest absolute Gasteiger partial charge is 0.132 e. The van der Waals surface area contributed by atoms with E-state index in [9.17, 15) is 5.11 Å². The third kappa shape index (κ3) is 2.04. The molecule has 0 radical (unpaired) electrons. The molecular weight excluding hydrogens is 222 g/mol. The van der Waals surface area contributed by atoms with E-state index in [0.717, 1.165) is 22.0 Å². The van der Waals surface area contributed by atoms with Gasteiger partial charge in [-0.05, 0) is 50.1 Å². The summed E-state index contributed by atoms with van der Waals surface area (Å²) in [5.41, 5.74) is 1.84. The summed E-state index contributed by atoms with van der Waals surface area (Å²) in [6.45, 7) is 5.46. The van der Waals surface area contributed by atoms with E-state index < -0.39 is 5.60 Å². The fourth-order valence-electron chi connectivity index (χ4n) is 1.64. The van der Waals surface area contributed by atoms with Crippen molar-refractivity contribution < 1.29 is 5.11 Å². The summed E-state index contributed by atoms with van der Waals surface area (Å²) in [5.74, 6) is 0. The van der Waals surface area contributed by atoms with Crippen LogP contribution >= 0.6 is 11.6 Å². The van der Waals surface area contributed by atoms with Crippen molar-refractivity contribution in [2.75, 3.05) is 0 Å². The number of halogens is 1. The Morgan fingerprint density at radius 1 is 1.25 bits per heavy atom. The first-order valence-corrected chi connectivity index (χ1v) is 5.55. The highest BCUT2D eigenvalue weighted by Crippen LogP contribution is 2.25. The summed E-state index contributed by atoms with van der Waals surface area (Å²) >= 11 is 5.96. The zero-order valence-corrected chi connectivity index (χ0v) is 10.3. The summed E-state index contributed by atoms with van der Waals surface area (Å²) in [5, 5.41) is 11.5. The number of benzene rings is 1. The van der Waals surface area contributed by atoms with E-state index in [1.165, 1.54) is 0 Å². The van der Waals surface area contributed by atoms with Crippen LogP contribution < -0.4 is 0 Å². The zero-order chi connectivity index (χ0) is 11.9. The summed E-state index contributed by atoms with van der Waals surface area (Å²) in [7, 11) is 0. The van der Waals surface area contributed by atoms with Crippen LogP contribution in [-0.2, 0) is 5.60 Å². The van der Waals surface area contributed by atoms with Crippen molar-refractivity contribution in [1.82, 2.24) is 4.98 Å². The van der Waals surface area contributed by atoms with Gasteiger partial charge in [-0.25, -0.2) is 4.98 Å². The second kappa shape index (κ2) is 3.72. The number of hydrogen-bond donors (Lipinski definition) is 1. The van der Waals surface area contributed by atoms with Crippen molar-refractivity contribution in [2.24, 2.45) is 0 Å². The van der Waals surface area contributed by atoms with Gasteiger partial charge < -0.3 is 5.11 Å². The average molecular weight is 236 g/mol. The van der Waals surface area contributed by atoms with Crippen molar-refractivity contribution in [3.05, 3.63) is 40.5 Å². The number of aliphatic hydroxyl groups is 1. The lowest BCUT2D eigenvalue weighted by atomic mass is 9.96. The third-order valence-corrected chi connectivity index (χ3v) is 3.03. The number of aryl methyl sites for hydroxylation is 1. The molecule has 0 aliphatic rings. The molecule has 1 N–H and O–H groups in total. The van der Waals surface area contributed by atoms with Gasteiger partial charge in [-0.1, -0.05) is 17.7 Å². The van der Waals surface area contributed by atoms with Crippen LogP contribution in [0.25, 0.3) is 10.9 Å². The minimum absolute atomic E-state index is 0.531. The molecule has 0 atom stereocenters. The molecule has 0 saturated heterocycles. The Labute approximate surface area is 99.9 Å². The molecule has 0 bridgehead atoms. The van der Waals surface area contributed by atoms with E-state index in [1.54, 1.807) is 13.8 Å². The van der Waals surface area contributed by atoms with Gasteiger partial charge in [0.15, 0.2) is 0 Å². The van der Waals surface area contributed by atoms with Crippen LogP contribution in [0.2, 0.25) is 5.15 Å². The van der Waals surface area contributed by atoms with E-state index in [1.807, 2.05) is 31.2 Å². The summed E-state index contributed by atoms with van der Waals surface area (Å²) in [6, 6.07) is 7.69. The van der Waals surface area contributed by atoms with Crippen molar-refractivity contribution in [2.45, 2.75) is 26.4 Å². The lowest BCUT2D eigenvalue weighted by Gasteiger charge is -2.18. The van der Waals surface area contributed by atoms with Gasteiger partial charge in [0.05, 0.1) is 11.1 Å². The maximum absolute atomic E-state index is 9.93. The predicted octanol–water partition coefficient (Wildman–Crippen LogP) is 3.42. The summed E-state index contributed by atoms with van der Waals surface area (Å²) < 4.78 is 0. The van der Waals surface area contributed by atoms with Gasteiger partial charge in [0.1, 0.15) is 5.15 Å². The molecule has 2 nitrogen and oxygen atoms in total. The molecule has 0 aliphatic heterocycles. The molecule has 84 valence electrons. The van der Waals surface area contributed by atoms with Gasteiger partial charge in [-0.2, -0.15) is 0 Å². The predicted molar refractivity (Wildman–Crippen MR) is 66.7 cm³/mol. The van der Waals surface area contributed by atoms with Crippen molar-refractivity contribution >= 4 is 22.5 Å². The number of rotatable bonds is 1. The lowest BCUT2D eigenvalue weighted by Crippen LogP contribution is -2.15. The quantitative estimate of drug-likeness (QED) is 0.769. The van der Waals surface area contributed by atoms with Crippen LogP contribution in [0.1, 0.15) is 25.0 Å². The van der Waals surface area contributed by atoms with Crippen LogP contribution in [0, 0.1) is 6.92 Å². The molecule has 0 amide bonds. The summed E-state index contributed by atoms with van der Waals surface area (Å²) in [6.07, 6.45) is 0. The molecule has 1 heterocycles. The Kier molecular flexibility index (Phi) is 2.64. The first-order valence-electron chi connectivity index (χ1n) is 5.18. The van der Waals surface area contributed by atoms with Crippen molar-refractivity contribution in [1.29, 1.82) is 0 Å². The van der Waals surface area contributed by atoms with Crippen LogP contribution in [0.3, 0.4) is 0 Å². The van der Waals surface area contributed by atoms with Crippen LogP contribution in [0.15, 0.2) is 24.3 Å². The van der Waals surface area contributed by atoms with Crippen LogP contribution in [0.5, 0.6) is 0 Å². The molecular formula is C13H14ClNO. The standard InChI is InChI=1S/C13H14ClNO/c1-8-6-9-7-10(13(2,3)16)4-5-11(9)15-12(8)14/h4-7,16H,1-3H3. The Hall–Kier alpha value is -1.12. The first kappa shape index (κ1) is 11.4. The minimum Gasteiger partial charge on any atom is -0.386 e. The van der Waals surface area contributed by atoms with Crippen LogP contribution in [0.4, 0.5) is 0 Å². The van der Waals surface area contributed by atoms with Gasteiger partial charge in [-0.15, -0.1) is 0 Å². The maximum atomic E-state index is 9.93. The molecule has 0 saturated carbocycles. The minimum atomic E-state index is -0.832. The Balaban J connectivity index is 2.67. The lowest BCUT2D eigenvalue weighted by molar-refractivity contribution is 0.0787. The third-order valence-electron chi connectivity index (χ3n) is 2.65. The van der Waals surface area contributed by atoms with Gasteiger partial charge in [0.2, 0.25) is 0 Å². The Morgan fingerprint density at radius 2 is 1.94 bits per heavy atom. The second-order valence-corrected chi connectivity index (χ2v) is 4.92. The highest BCUT2D eigenvalue weighted by Gasteiger charge is 2.16. The van der Waals surface area contributed by atoms with Crippen molar-refractivity contribution in [3.63, 3.8) is 0 Å². The van der Waals surface area contributed by atoms with E-state index in [-0.39, 0.29) is 0 Å². The van der Waals surface area contributed by atoms with E-state index in [4.69, 9.17) is 11.6 Å². The Bertz CT molecular complexity index is 543. The average Bonchev–Trinajstić information content (AvgIpc) is 2.17. The molecule has 0 fully saturated rings. The van der Waals surface area contributed by atoms with Gasteiger partial charge in [-0.3, -0.25) is 0 Å². The molecule has 1 aromatic carbocycles.